The van der Waals surface area contributed by atoms with Crippen molar-refractivity contribution >= 4 is 44.8 Å². The molecule has 1 heterocycles. The number of hydrogen-bond donors (Lipinski definition) is 0. The molecule has 0 saturated heterocycles. The van der Waals surface area contributed by atoms with E-state index in [9.17, 15) is 13.2 Å². The fourth-order valence-corrected chi connectivity index (χ4v) is 7.31. The van der Waals surface area contributed by atoms with E-state index in [2.05, 4.69) is 0 Å². The third-order valence-corrected chi connectivity index (χ3v) is 9.95. The van der Waals surface area contributed by atoms with Crippen molar-refractivity contribution in [1.82, 2.24) is 4.90 Å². The monoisotopic (exact) mass is 626 g/mol. The molecule has 216 valence electrons. The van der Waals surface area contributed by atoms with Crippen LogP contribution in [0.5, 0.6) is 0 Å². The van der Waals surface area contributed by atoms with Gasteiger partial charge in [-0.15, -0.1) is 0 Å². The topological polar surface area (TPSA) is 57.7 Å². The summed E-state index contributed by atoms with van der Waals surface area (Å²) < 4.78 is 29.8. The predicted octanol–water partition coefficient (Wildman–Crippen LogP) is 8.33. The van der Waals surface area contributed by atoms with E-state index in [1.807, 2.05) is 78.9 Å². The van der Waals surface area contributed by atoms with Crippen LogP contribution in [0.15, 0.2) is 132 Å². The number of halogens is 2. The minimum atomic E-state index is -4.07. The molecule has 1 atom stereocenters. The van der Waals surface area contributed by atoms with Gasteiger partial charge in [0.25, 0.3) is 15.9 Å². The average molecular weight is 628 g/mol. The Kier molecular flexibility index (Phi) is 8.26. The highest BCUT2D eigenvalue weighted by molar-refractivity contribution is 7.92. The first-order valence-corrected chi connectivity index (χ1v) is 16.0. The van der Waals surface area contributed by atoms with Crippen LogP contribution >= 0.6 is 23.2 Å². The molecule has 5 aromatic rings. The summed E-state index contributed by atoms with van der Waals surface area (Å²) in [5, 5.41) is 1.11. The number of benzene rings is 5. The molecule has 0 fully saturated rings. The molecule has 1 aliphatic heterocycles. The summed E-state index contributed by atoms with van der Waals surface area (Å²) in [5.41, 5.74) is 4.72. The van der Waals surface area contributed by atoms with Crippen LogP contribution in [0.1, 0.15) is 38.7 Å². The fourth-order valence-electron chi connectivity index (χ4n) is 5.49. The van der Waals surface area contributed by atoms with Gasteiger partial charge in [0.1, 0.15) is 0 Å². The number of rotatable bonds is 7. The quantitative estimate of drug-likeness (QED) is 0.182. The van der Waals surface area contributed by atoms with Gasteiger partial charge in [-0.25, -0.2) is 8.42 Å². The van der Waals surface area contributed by atoms with Crippen LogP contribution in [-0.2, 0) is 29.5 Å². The van der Waals surface area contributed by atoms with Crippen LogP contribution < -0.4 is 4.31 Å². The Morgan fingerprint density at radius 2 is 1.42 bits per heavy atom. The molecule has 0 saturated carbocycles. The predicted molar refractivity (Wildman–Crippen MR) is 172 cm³/mol. The van der Waals surface area contributed by atoms with Gasteiger partial charge in [-0.3, -0.25) is 9.10 Å². The van der Waals surface area contributed by atoms with Crippen LogP contribution in [0.3, 0.4) is 0 Å². The van der Waals surface area contributed by atoms with E-state index in [0.717, 1.165) is 22.3 Å². The first-order chi connectivity index (χ1) is 20.8. The molecule has 5 nitrogen and oxygen atoms in total. The van der Waals surface area contributed by atoms with Gasteiger partial charge in [-0.1, -0.05) is 96.0 Å². The number of amides is 1. The van der Waals surface area contributed by atoms with Gasteiger partial charge in [-0.05, 0) is 83.3 Å². The summed E-state index contributed by atoms with van der Waals surface area (Å²) >= 11 is 12.4. The molecular formula is C35H28Cl2N2O3S. The molecule has 0 radical (unpaired) electrons. The molecule has 6 rings (SSSR count). The molecule has 1 amide bonds. The van der Waals surface area contributed by atoms with Crippen molar-refractivity contribution in [3.05, 3.63) is 165 Å². The molecular weight excluding hydrogens is 599 g/mol. The van der Waals surface area contributed by atoms with Crippen molar-refractivity contribution in [2.75, 3.05) is 4.31 Å². The minimum absolute atomic E-state index is 0.0287. The van der Waals surface area contributed by atoms with Crippen molar-refractivity contribution in [3.63, 3.8) is 0 Å². The standard InChI is InChI=1S/C35H28Cl2N2O3S/c36-30-16-18-32(19-17-30)39(23-25-8-3-1-4-9-25)43(41,42)33-13-7-12-28(21-33)35(40)38-24-29-20-31(37)15-14-27(29)22-34(38)26-10-5-2-6-11-26/h1-21,34H,22-24H2. The first kappa shape index (κ1) is 29.0. The van der Waals surface area contributed by atoms with Crippen molar-refractivity contribution < 1.29 is 13.2 Å². The summed E-state index contributed by atoms with van der Waals surface area (Å²) in [6.45, 7) is 0.471. The highest BCUT2D eigenvalue weighted by atomic mass is 35.5. The number of fused-ring (bicyclic) bond motifs is 1. The molecule has 1 unspecified atom stereocenters. The number of hydrogen-bond acceptors (Lipinski definition) is 3. The van der Waals surface area contributed by atoms with E-state index in [-0.39, 0.29) is 23.4 Å². The normalized spacial score (nSPS) is 14.7. The van der Waals surface area contributed by atoms with E-state index in [1.165, 1.54) is 16.4 Å². The van der Waals surface area contributed by atoms with Crippen molar-refractivity contribution in [3.8, 4) is 0 Å². The van der Waals surface area contributed by atoms with E-state index in [4.69, 9.17) is 23.2 Å². The zero-order chi connectivity index (χ0) is 30.0. The first-order valence-electron chi connectivity index (χ1n) is 13.8. The Balaban J connectivity index is 1.38. The number of anilines is 1. The summed E-state index contributed by atoms with van der Waals surface area (Å²) in [5.74, 6) is -0.252. The Labute approximate surface area is 262 Å². The van der Waals surface area contributed by atoms with E-state index in [0.29, 0.717) is 34.3 Å². The Morgan fingerprint density at radius 1 is 0.744 bits per heavy atom. The van der Waals surface area contributed by atoms with Crippen molar-refractivity contribution in [1.29, 1.82) is 0 Å². The maximum atomic E-state index is 14.2. The highest BCUT2D eigenvalue weighted by Crippen LogP contribution is 2.36. The Bertz CT molecular complexity index is 1870. The lowest BCUT2D eigenvalue weighted by atomic mass is 9.89. The lowest BCUT2D eigenvalue weighted by Gasteiger charge is -2.37. The van der Waals surface area contributed by atoms with E-state index < -0.39 is 10.0 Å². The Morgan fingerprint density at radius 3 is 2.14 bits per heavy atom. The molecule has 5 aromatic carbocycles. The third-order valence-electron chi connectivity index (χ3n) is 7.70. The molecule has 0 N–H and O–H groups in total. The van der Waals surface area contributed by atoms with Gasteiger partial charge in [0.15, 0.2) is 0 Å². The van der Waals surface area contributed by atoms with Crippen molar-refractivity contribution in [2.24, 2.45) is 0 Å². The minimum Gasteiger partial charge on any atom is -0.327 e. The maximum Gasteiger partial charge on any atom is 0.264 e. The maximum absolute atomic E-state index is 14.2. The van der Waals surface area contributed by atoms with Crippen LogP contribution in [0, 0.1) is 0 Å². The molecule has 8 heteroatoms. The lowest BCUT2D eigenvalue weighted by Crippen LogP contribution is -2.39. The van der Waals surface area contributed by atoms with Crippen LogP contribution in [-0.4, -0.2) is 19.2 Å². The molecule has 0 aromatic heterocycles. The second-order valence-corrected chi connectivity index (χ2v) is 13.2. The Hall–Kier alpha value is -4.10. The largest absolute Gasteiger partial charge is 0.327 e. The van der Waals surface area contributed by atoms with Crippen LogP contribution in [0.4, 0.5) is 5.69 Å². The van der Waals surface area contributed by atoms with Gasteiger partial charge in [-0.2, -0.15) is 0 Å². The number of nitrogens with zero attached hydrogens (tertiary/aromatic N) is 2. The van der Waals surface area contributed by atoms with Gasteiger partial charge in [0.2, 0.25) is 0 Å². The second-order valence-electron chi connectivity index (χ2n) is 10.5. The van der Waals surface area contributed by atoms with Crippen LogP contribution in [0.2, 0.25) is 10.0 Å². The molecule has 1 aliphatic rings. The number of carbonyl (C=O) groups excluding carboxylic acids is 1. The lowest BCUT2D eigenvalue weighted by molar-refractivity contribution is 0.0637. The average Bonchev–Trinajstić information content (AvgIpc) is 3.04. The van der Waals surface area contributed by atoms with Gasteiger partial charge in [0.05, 0.1) is 23.2 Å². The zero-order valence-electron chi connectivity index (χ0n) is 23.1. The van der Waals surface area contributed by atoms with Crippen molar-refractivity contribution in [2.45, 2.75) is 30.4 Å². The summed E-state index contributed by atoms with van der Waals surface area (Å²) in [4.78, 5) is 16.0. The zero-order valence-corrected chi connectivity index (χ0v) is 25.4. The van der Waals surface area contributed by atoms with E-state index in [1.54, 1.807) is 41.3 Å². The smallest absolute Gasteiger partial charge is 0.264 e. The second kappa shape index (κ2) is 12.3. The molecule has 0 spiro atoms. The number of sulfonamides is 1. The fraction of sp³-hybridized carbons (Fsp3) is 0.114. The van der Waals surface area contributed by atoms with Gasteiger partial charge in [0, 0.05) is 22.2 Å². The molecule has 43 heavy (non-hydrogen) atoms. The summed E-state index contributed by atoms with van der Waals surface area (Å²) in [6.07, 6.45) is 0.627. The highest BCUT2D eigenvalue weighted by Gasteiger charge is 2.33. The van der Waals surface area contributed by atoms with Crippen LogP contribution in [0.25, 0.3) is 0 Å². The SMILES string of the molecule is O=C(c1cccc(S(=O)(=O)N(Cc2ccccc2)c2ccc(Cl)cc2)c1)N1Cc2cc(Cl)ccc2CC1c1ccccc1. The molecule has 0 bridgehead atoms. The van der Waals surface area contributed by atoms with E-state index >= 15 is 0 Å². The summed E-state index contributed by atoms with van der Waals surface area (Å²) in [7, 11) is -4.07. The van der Waals surface area contributed by atoms with Gasteiger partial charge >= 0.3 is 0 Å². The number of carbonyl (C=O) groups is 1. The van der Waals surface area contributed by atoms with Gasteiger partial charge < -0.3 is 4.90 Å². The third kappa shape index (κ3) is 6.18. The summed E-state index contributed by atoms with van der Waals surface area (Å²) in [6, 6.07) is 37.8. The molecule has 0 aliphatic carbocycles.